The molecule has 3 rings (SSSR count). The van der Waals surface area contributed by atoms with Crippen LogP contribution in [0.3, 0.4) is 0 Å². The van der Waals surface area contributed by atoms with Gasteiger partial charge in [0, 0.05) is 37.7 Å². The number of aryl methyl sites for hydroxylation is 1. The van der Waals surface area contributed by atoms with Crippen LogP contribution in [0.25, 0.3) is 0 Å². The molecule has 27 heavy (non-hydrogen) atoms. The highest BCUT2D eigenvalue weighted by Gasteiger charge is 2.30. The van der Waals surface area contributed by atoms with Gasteiger partial charge in [-0.25, -0.2) is 4.79 Å². The maximum atomic E-state index is 12.4. The van der Waals surface area contributed by atoms with Gasteiger partial charge < -0.3 is 19.7 Å². The average Bonchev–Trinajstić information content (AvgIpc) is 3.31. The predicted octanol–water partition coefficient (Wildman–Crippen LogP) is 1.10. The van der Waals surface area contributed by atoms with Crippen LogP contribution in [0, 0.1) is 6.92 Å². The second kappa shape index (κ2) is 8.81. The third kappa shape index (κ3) is 4.85. The Bertz CT molecular complexity index is 706. The highest BCUT2D eigenvalue weighted by Crippen LogP contribution is 2.28. The molecule has 1 aromatic rings. The van der Waals surface area contributed by atoms with Crippen LogP contribution in [0.4, 0.5) is 5.00 Å². The van der Waals surface area contributed by atoms with E-state index in [2.05, 4.69) is 5.32 Å². The van der Waals surface area contributed by atoms with Crippen LogP contribution in [0.1, 0.15) is 28.1 Å². The van der Waals surface area contributed by atoms with Gasteiger partial charge in [-0.3, -0.25) is 14.5 Å². The molecule has 2 amide bonds. The number of carbonyl (C=O) groups is 3. The van der Waals surface area contributed by atoms with Crippen LogP contribution < -0.4 is 5.32 Å². The van der Waals surface area contributed by atoms with E-state index in [1.165, 1.54) is 18.4 Å². The zero-order valence-electron chi connectivity index (χ0n) is 15.7. The first-order valence-corrected chi connectivity index (χ1v) is 9.91. The van der Waals surface area contributed by atoms with Crippen molar-refractivity contribution in [3.63, 3.8) is 0 Å². The lowest BCUT2D eigenvalue weighted by atomic mass is 10.2. The fourth-order valence-electron chi connectivity index (χ4n) is 3.34. The van der Waals surface area contributed by atoms with Crippen molar-refractivity contribution >= 4 is 34.1 Å². The summed E-state index contributed by atoms with van der Waals surface area (Å²) in [4.78, 5) is 41.3. The number of hydrogen-bond acceptors (Lipinski definition) is 7. The van der Waals surface area contributed by atoms with Gasteiger partial charge in [0.1, 0.15) is 11.1 Å². The van der Waals surface area contributed by atoms with E-state index in [1.54, 1.807) is 6.07 Å². The minimum absolute atomic E-state index is 0.0633. The molecule has 1 aromatic heterocycles. The van der Waals surface area contributed by atoms with E-state index in [4.69, 9.17) is 9.47 Å². The quantitative estimate of drug-likeness (QED) is 0.752. The maximum Gasteiger partial charge on any atom is 0.340 e. The largest absolute Gasteiger partial charge is 0.465 e. The van der Waals surface area contributed by atoms with Gasteiger partial charge in [0.15, 0.2) is 0 Å². The molecule has 148 valence electrons. The molecule has 0 radical (unpaired) electrons. The Hall–Kier alpha value is -1.97. The van der Waals surface area contributed by atoms with Crippen molar-refractivity contribution in [3.8, 4) is 0 Å². The molecule has 2 aliphatic heterocycles. The summed E-state index contributed by atoms with van der Waals surface area (Å²) in [5.74, 6) is -0.579. The first-order valence-electron chi connectivity index (χ1n) is 9.09. The normalized spacial score (nSPS) is 20.5. The number of anilines is 1. The van der Waals surface area contributed by atoms with E-state index in [0.717, 1.165) is 17.7 Å². The predicted molar refractivity (Wildman–Crippen MR) is 101 cm³/mol. The van der Waals surface area contributed by atoms with Crippen LogP contribution in [0.15, 0.2) is 6.07 Å². The van der Waals surface area contributed by atoms with Gasteiger partial charge >= 0.3 is 5.97 Å². The number of amides is 2. The Morgan fingerprint density at radius 1 is 1.30 bits per heavy atom. The van der Waals surface area contributed by atoms with Crippen LogP contribution in [-0.2, 0) is 19.1 Å². The van der Waals surface area contributed by atoms with Crippen molar-refractivity contribution in [1.82, 2.24) is 9.80 Å². The topological polar surface area (TPSA) is 88.2 Å². The third-order valence-electron chi connectivity index (χ3n) is 4.77. The summed E-state index contributed by atoms with van der Waals surface area (Å²) in [6.45, 7) is 5.22. The Labute approximate surface area is 162 Å². The number of nitrogens with zero attached hydrogens (tertiary/aromatic N) is 2. The molecule has 3 heterocycles. The van der Waals surface area contributed by atoms with Crippen LogP contribution in [-0.4, -0.2) is 80.1 Å². The van der Waals surface area contributed by atoms with E-state index >= 15 is 0 Å². The van der Waals surface area contributed by atoms with Gasteiger partial charge in [0.25, 0.3) is 5.91 Å². The van der Waals surface area contributed by atoms with Gasteiger partial charge in [-0.15, -0.1) is 11.3 Å². The average molecular weight is 395 g/mol. The molecule has 0 aromatic carbocycles. The lowest BCUT2D eigenvalue weighted by Gasteiger charge is -2.35. The van der Waals surface area contributed by atoms with Crippen LogP contribution >= 0.6 is 11.3 Å². The summed E-state index contributed by atoms with van der Waals surface area (Å²) < 4.78 is 10.2. The molecular weight excluding hydrogens is 370 g/mol. The fraction of sp³-hybridized carbons (Fsp3) is 0.611. The molecule has 9 heteroatoms. The van der Waals surface area contributed by atoms with E-state index in [9.17, 15) is 14.4 Å². The molecule has 0 unspecified atom stereocenters. The Morgan fingerprint density at radius 2 is 2.04 bits per heavy atom. The number of piperazine rings is 1. The maximum absolute atomic E-state index is 12.4. The first kappa shape index (κ1) is 19.8. The molecule has 8 nitrogen and oxygen atoms in total. The van der Waals surface area contributed by atoms with Crippen molar-refractivity contribution in [2.45, 2.75) is 25.9 Å². The van der Waals surface area contributed by atoms with Gasteiger partial charge in [-0.2, -0.15) is 0 Å². The number of thiophene rings is 1. The van der Waals surface area contributed by atoms with Crippen molar-refractivity contribution in [2.24, 2.45) is 0 Å². The molecule has 2 saturated heterocycles. The molecule has 2 aliphatic rings. The number of esters is 1. The summed E-state index contributed by atoms with van der Waals surface area (Å²) >= 11 is 1.35. The van der Waals surface area contributed by atoms with Gasteiger partial charge in [-0.1, -0.05) is 0 Å². The molecule has 2 fully saturated rings. The summed E-state index contributed by atoms with van der Waals surface area (Å²) in [6.07, 6.45) is 1.44. The number of methoxy groups -OCH3 is 1. The highest BCUT2D eigenvalue weighted by molar-refractivity contribution is 7.16. The molecule has 1 N–H and O–H groups in total. The fourth-order valence-corrected chi connectivity index (χ4v) is 4.26. The molecular formula is C18H25N3O5S. The van der Waals surface area contributed by atoms with E-state index in [-0.39, 0.29) is 24.5 Å². The first-order chi connectivity index (χ1) is 13.0. The lowest BCUT2D eigenvalue weighted by molar-refractivity contribution is -0.142. The SMILES string of the molecule is COC(=O)c1cc(C)sc1NC(=O)CN1CCN(C(=O)[C@@H]2CCCO2)CC1. The molecule has 0 spiro atoms. The second-order valence-corrected chi connectivity index (χ2v) is 8.00. The Kier molecular flexibility index (Phi) is 6.46. The monoisotopic (exact) mass is 395 g/mol. The number of ether oxygens (including phenoxy) is 2. The third-order valence-corrected chi connectivity index (χ3v) is 5.74. The van der Waals surface area contributed by atoms with Crippen LogP contribution in [0.2, 0.25) is 0 Å². The van der Waals surface area contributed by atoms with E-state index in [0.29, 0.717) is 43.4 Å². The number of carbonyl (C=O) groups excluding carboxylic acids is 3. The lowest BCUT2D eigenvalue weighted by Crippen LogP contribution is -2.52. The molecule has 1 atom stereocenters. The second-order valence-electron chi connectivity index (χ2n) is 6.74. The van der Waals surface area contributed by atoms with Crippen LogP contribution in [0.5, 0.6) is 0 Å². The minimum Gasteiger partial charge on any atom is -0.465 e. The van der Waals surface area contributed by atoms with E-state index < -0.39 is 5.97 Å². The highest BCUT2D eigenvalue weighted by atomic mass is 32.1. The minimum atomic E-state index is -0.462. The zero-order valence-corrected chi connectivity index (χ0v) is 16.5. The van der Waals surface area contributed by atoms with Gasteiger partial charge in [0.2, 0.25) is 5.91 Å². The Morgan fingerprint density at radius 3 is 2.67 bits per heavy atom. The summed E-state index contributed by atoms with van der Waals surface area (Å²) in [5, 5.41) is 3.32. The van der Waals surface area contributed by atoms with Crippen molar-refractivity contribution in [2.75, 3.05) is 51.8 Å². The van der Waals surface area contributed by atoms with Gasteiger partial charge in [-0.05, 0) is 25.8 Å². The number of rotatable bonds is 5. The summed E-state index contributed by atoms with van der Waals surface area (Å²) in [7, 11) is 1.32. The van der Waals surface area contributed by atoms with Crippen molar-refractivity contribution in [1.29, 1.82) is 0 Å². The van der Waals surface area contributed by atoms with Crippen molar-refractivity contribution < 1.29 is 23.9 Å². The standard InChI is InChI=1S/C18H25N3O5S/c1-12-10-13(18(24)25-2)16(27-12)19-15(22)11-20-5-7-21(8-6-20)17(23)14-4-3-9-26-14/h10,14H,3-9,11H2,1-2H3,(H,19,22)/t14-/m0/s1. The van der Waals surface area contributed by atoms with Gasteiger partial charge in [0.05, 0.1) is 19.2 Å². The number of hydrogen-bond donors (Lipinski definition) is 1. The molecule has 0 saturated carbocycles. The summed E-state index contributed by atoms with van der Waals surface area (Å²) in [6, 6.07) is 1.71. The summed E-state index contributed by atoms with van der Waals surface area (Å²) in [5.41, 5.74) is 0.375. The smallest absolute Gasteiger partial charge is 0.340 e. The van der Waals surface area contributed by atoms with Crippen molar-refractivity contribution in [3.05, 3.63) is 16.5 Å². The van der Waals surface area contributed by atoms with E-state index in [1.807, 2.05) is 16.7 Å². The molecule has 0 bridgehead atoms. The molecule has 0 aliphatic carbocycles. The number of nitrogens with one attached hydrogen (secondary N) is 1. The Balaban J connectivity index is 1.48. The zero-order chi connectivity index (χ0) is 19.4.